The van der Waals surface area contributed by atoms with Crippen LogP contribution < -0.4 is 15.0 Å². The molecule has 2 heterocycles. The van der Waals surface area contributed by atoms with Gasteiger partial charge in [0.2, 0.25) is 5.91 Å². The van der Waals surface area contributed by atoms with Crippen LogP contribution in [-0.4, -0.2) is 46.8 Å². The molecule has 7 nitrogen and oxygen atoms in total. The van der Waals surface area contributed by atoms with Crippen LogP contribution in [0.4, 0.5) is 5.69 Å². The van der Waals surface area contributed by atoms with Crippen LogP contribution in [0.5, 0.6) is 5.75 Å². The van der Waals surface area contributed by atoms with E-state index in [2.05, 4.69) is 16.8 Å². The predicted octanol–water partition coefficient (Wildman–Crippen LogP) is 3.25. The van der Waals surface area contributed by atoms with E-state index < -0.39 is 6.10 Å². The van der Waals surface area contributed by atoms with E-state index in [-0.39, 0.29) is 24.1 Å². The molecule has 0 unspecified atom stereocenters. The molecule has 0 bridgehead atoms. The maximum atomic E-state index is 13.2. The highest BCUT2D eigenvalue weighted by Gasteiger charge is 2.33. The van der Waals surface area contributed by atoms with E-state index in [0.29, 0.717) is 17.5 Å². The Kier molecular flexibility index (Phi) is 6.04. The third-order valence-electron chi connectivity index (χ3n) is 5.98. The molecular weight excluding hydrogens is 400 g/mol. The molecule has 2 amide bonds. The number of imidazole rings is 1. The number of rotatable bonds is 5. The lowest BCUT2D eigenvalue weighted by Gasteiger charge is -2.34. The lowest BCUT2D eigenvalue weighted by molar-refractivity contribution is -0.127. The summed E-state index contributed by atoms with van der Waals surface area (Å²) in [7, 11) is 1.57. The van der Waals surface area contributed by atoms with E-state index in [9.17, 15) is 9.59 Å². The highest BCUT2D eigenvalue weighted by molar-refractivity contribution is 7.99. The minimum Gasteiger partial charge on any atom is -0.477 e. The summed E-state index contributed by atoms with van der Waals surface area (Å²) in [6.45, 7) is 4.34. The van der Waals surface area contributed by atoms with E-state index >= 15 is 0 Å². The lowest BCUT2D eigenvalue weighted by Crippen LogP contribution is -2.50. The maximum Gasteiger partial charge on any atom is 0.262 e. The van der Waals surface area contributed by atoms with Gasteiger partial charge in [0, 0.05) is 18.8 Å². The first-order chi connectivity index (χ1) is 14.5. The zero-order valence-corrected chi connectivity index (χ0v) is 18.5. The van der Waals surface area contributed by atoms with Crippen LogP contribution in [0.1, 0.15) is 43.1 Å². The molecule has 30 heavy (non-hydrogen) atoms. The predicted molar refractivity (Wildman–Crippen MR) is 117 cm³/mol. The topological polar surface area (TPSA) is 76.5 Å². The second kappa shape index (κ2) is 8.71. The van der Waals surface area contributed by atoms with Crippen molar-refractivity contribution in [2.45, 2.75) is 56.8 Å². The molecule has 2 aliphatic rings. The number of benzene rings is 1. The van der Waals surface area contributed by atoms with E-state index in [1.165, 1.54) is 43.1 Å². The molecule has 160 valence electrons. The van der Waals surface area contributed by atoms with Gasteiger partial charge in [0.05, 0.1) is 23.7 Å². The molecule has 0 spiro atoms. The quantitative estimate of drug-likeness (QED) is 0.740. The first-order valence-corrected chi connectivity index (χ1v) is 11.4. The lowest BCUT2D eigenvalue weighted by atomic mass is 10.2. The van der Waals surface area contributed by atoms with Gasteiger partial charge in [-0.2, -0.15) is 0 Å². The van der Waals surface area contributed by atoms with Crippen molar-refractivity contribution in [3.8, 4) is 5.75 Å². The zero-order chi connectivity index (χ0) is 21.3. The number of fused-ring (bicyclic) bond motifs is 1. The van der Waals surface area contributed by atoms with Crippen LogP contribution in [0, 0.1) is 13.8 Å². The third kappa shape index (κ3) is 3.93. The number of amides is 2. The molecule has 0 saturated heterocycles. The van der Waals surface area contributed by atoms with Crippen molar-refractivity contribution in [1.29, 1.82) is 0 Å². The van der Waals surface area contributed by atoms with Crippen molar-refractivity contribution in [2.75, 3.05) is 24.2 Å². The largest absolute Gasteiger partial charge is 0.477 e. The van der Waals surface area contributed by atoms with Crippen LogP contribution in [0.15, 0.2) is 29.4 Å². The SMILES string of the molecule is CNC(=O)[C@@H]1CN(C(=O)CSc2nc(C)c(C)n2C2CCCC2)c2ccccc2O1. The summed E-state index contributed by atoms with van der Waals surface area (Å²) < 4.78 is 8.12. The number of nitrogens with one attached hydrogen (secondary N) is 1. The van der Waals surface area contributed by atoms with E-state index in [1.54, 1.807) is 18.0 Å². The Labute approximate surface area is 181 Å². The van der Waals surface area contributed by atoms with Crippen molar-refractivity contribution < 1.29 is 14.3 Å². The number of carbonyl (C=O) groups is 2. The fraction of sp³-hybridized carbons (Fsp3) is 0.500. The molecule has 2 aromatic rings. The molecule has 1 N–H and O–H groups in total. The van der Waals surface area contributed by atoms with Gasteiger partial charge in [-0.1, -0.05) is 36.7 Å². The highest BCUT2D eigenvalue weighted by Crippen LogP contribution is 2.37. The molecule has 1 aromatic heterocycles. The molecule has 8 heteroatoms. The first-order valence-electron chi connectivity index (χ1n) is 10.5. The second-order valence-corrected chi connectivity index (χ2v) is 8.80. The number of likely N-dealkylation sites (N-methyl/N-ethyl adjacent to an activating group) is 1. The third-order valence-corrected chi connectivity index (χ3v) is 6.92. The number of ether oxygens (including phenoxy) is 1. The van der Waals surface area contributed by atoms with Crippen LogP contribution in [0.3, 0.4) is 0 Å². The van der Waals surface area contributed by atoms with Crippen molar-refractivity contribution in [2.24, 2.45) is 0 Å². The van der Waals surface area contributed by atoms with Crippen molar-refractivity contribution in [3.05, 3.63) is 35.7 Å². The number of aryl methyl sites for hydroxylation is 1. The van der Waals surface area contributed by atoms with Gasteiger partial charge in [0.1, 0.15) is 5.75 Å². The van der Waals surface area contributed by atoms with Crippen molar-refractivity contribution in [3.63, 3.8) is 0 Å². The van der Waals surface area contributed by atoms with Crippen molar-refractivity contribution in [1.82, 2.24) is 14.9 Å². The fourth-order valence-corrected chi connectivity index (χ4v) is 5.30. The summed E-state index contributed by atoms with van der Waals surface area (Å²) in [6.07, 6.45) is 4.11. The number of para-hydroxylation sites is 2. The molecule has 1 atom stereocenters. The highest BCUT2D eigenvalue weighted by atomic mass is 32.2. The molecular formula is C22H28N4O3S. The normalized spacial score (nSPS) is 18.8. The monoisotopic (exact) mass is 428 g/mol. The molecule has 1 fully saturated rings. The number of hydrogen-bond donors (Lipinski definition) is 1. The van der Waals surface area contributed by atoms with Gasteiger partial charge in [-0.3, -0.25) is 9.59 Å². The Morgan fingerprint density at radius 2 is 1.97 bits per heavy atom. The minimum absolute atomic E-state index is 0.0547. The average molecular weight is 429 g/mol. The van der Waals surface area contributed by atoms with Gasteiger partial charge in [-0.25, -0.2) is 4.98 Å². The molecule has 4 rings (SSSR count). The number of anilines is 1. The summed E-state index contributed by atoms with van der Waals surface area (Å²) in [6, 6.07) is 7.83. The van der Waals surface area contributed by atoms with E-state index in [1.807, 2.05) is 25.1 Å². The Morgan fingerprint density at radius 3 is 2.70 bits per heavy atom. The molecule has 1 saturated carbocycles. The Bertz CT molecular complexity index is 952. The Hall–Kier alpha value is -2.48. The van der Waals surface area contributed by atoms with Gasteiger partial charge in [0.25, 0.3) is 5.91 Å². The number of aromatic nitrogens is 2. The molecule has 1 aliphatic carbocycles. The number of hydrogen-bond acceptors (Lipinski definition) is 5. The van der Waals surface area contributed by atoms with Crippen molar-refractivity contribution >= 4 is 29.3 Å². The van der Waals surface area contributed by atoms with Gasteiger partial charge < -0.3 is 19.5 Å². The molecule has 0 radical (unpaired) electrons. The van der Waals surface area contributed by atoms with Crippen LogP contribution in [0.2, 0.25) is 0 Å². The standard InChI is InChI=1S/C22H28N4O3S/c1-14-15(2)26(16-8-4-5-9-16)22(24-14)30-13-20(27)25-12-19(21(28)23-3)29-18-11-7-6-10-17(18)25/h6-7,10-11,16,19H,4-5,8-9,12-13H2,1-3H3,(H,23,28)/t19-/m0/s1. The van der Waals surface area contributed by atoms with Crippen LogP contribution in [-0.2, 0) is 9.59 Å². The summed E-state index contributed by atoms with van der Waals surface area (Å²) in [5, 5.41) is 3.52. The van der Waals surface area contributed by atoms with Crippen LogP contribution in [0.25, 0.3) is 0 Å². The number of thioether (sulfide) groups is 1. The van der Waals surface area contributed by atoms with Gasteiger partial charge in [0.15, 0.2) is 11.3 Å². The van der Waals surface area contributed by atoms with E-state index in [0.717, 1.165) is 10.9 Å². The van der Waals surface area contributed by atoms with Gasteiger partial charge >= 0.3 is 0 Å². The summed E-state index contributed by atoms with van der Waals surface area (Å²) in [5.41, 5.74) is 2.91. The number of carbonyl (C=O) groups excluding carboxylic acids is 2. The molecule has 1 aliphatic heterocycles. The maximum absolute atomic E-state index is 13.2. The summed E-state index contributed by atoms with van der Waals surface area (Å²) in [4.78, 5) is 31.8. The van der Waals surface area contributed by atoms with Gasteiger partial charge in [-0.15, -0.1) is 0 Å². The zero-order valence-electron chi connectivity index (χ0n) is 17.7. The smallest absolute Gasteiger partial charge is 0.262 e. The van der Waals surface area contributed by atoms with Crippen LogP contribution >= 0.6 is 11.8 Å². The van der Waals surface area contributed by atoms with E-state index in [4.69, 9.17) is 9.72 Å². The minimum atomic E-state index is -0.719. The molecule has 1 aromatic carbocycles. The average Bonchev–Trinajstić information content (AvgIpc) is 3.38. The summed E-state index contributed by atoms with van der Waals surface area (Å²) >= 11 is 1.48. The Morgan fingerprint density at radius 1 is 1.23 bits per heavy atom. The Balaban J connectivity index is 1.53. The summed E-state index contributed by atoms with van der Waals surface area (Å²) in [5.74, 6) is 0.519. The van der Waals surface area contributed by atoms with Gasteiger partial charge in [-0.05, 0) is 38.8 Å². The second-order valence-electron chi connectivity index (χ2n) is 7.85. The fourth-order valence-electron chi connectivity index (χ4n) is 4.26. The first kappa shape index (κ1) is 20.8. The number of nitrogens with zero attached hydrogens (tertiary/aromatic N) is 3.